The van der Waals surface area contributed by atoms with E-state index in [1.54, 1.807) is 7.11 Å². The molecule has 2 heteroatoms. The standard InChI is InChI=1S/C11H14ClO/c1-3-10-8-9(6-7-12)4-5-11(10)13-2/h3-5,8H,6-7H2,1-2H3. The summed E-state index contributed by atoms with van der Waals surface area (Å²) >= 11 is 5.66. The monoisotopic (exact) mass is 197 g/mol. The van der Waals surface area contributed by atoms with E-state index in [1.165, 1.54) is 5.56 Å². The Kier molecular flexibility index (Phi) is 4.10. The number of rotatable bonds is 4. The molecule has 0 aromatic heterocycles. The lowest BCUT2D eigenvalue weighted by Crippen LogP contribution is -1.92. The summed E-state index contributed by atoms with van der Waals surface area (Å²) in [5.41, 5.74) is 2.38. The Morgan fingerprint density at radius 1 is 1.46 bits per heavy atom. The molecule has 1 aromatic carbocycles. The zero-order valence-electron chi connectivity index (χ0n) is 8.01. The molecule has 1 aromatic rings. The van der Waals surface area contributed by atoms with Crippen LogP contribution < -0.4 is 4.74 Å². The number of hydrogen-bond acceptors (Lipinski definition) is 1. The fraction of sp³-hybridized carbons (Fsp3) is 0.364. The van der Waals surface area contributed by atoms with Crippen LogP contribution in [0.1, 0.15) is 18.1 Å². The van der Waals surface area contributed by atoms with Crippen molar-refractivity contribution in [3.05, 3.63) is 35.7 Å². The molecule has 0 fully saturated rings. The van der Waals surface area contributed by atoms with Crippen molar-refractivity contribution in [1.82, 2.24) is 0 Å². The van der Waals surface area contributed by atoms with E-state index in [0.29, 0.717) is 5.88 Å². The molecule has 0 aliphatic heterocycles. The van der Waals surface area contributed by atoms with Crippen molar-refractivity contribution in [2.45, 2.75) is 13.3 Å². The summed E-state index contributed by atoms with van der Waals surface area (Å²) in [5, 5.41) is 0. The Labute approximate surface area is 84.7 Å². The molecule has 0 heterocycles. The van der Waals surface area contributed by atoms with Crippen molar-refractivity contribution in [3.63, 3.8) is 0 Å². The highest BCUT2D eigenvalue weighted by Gasteiger charge is 2.01. The summed E-state index contributed by atoms with van der Waals surface area (Å²) < 4.78 is 5.21. The van der Waals surface area contributed by atoms with E-state index in [4.69, 9.17) is 16.3 Å². The predicted molar refractivity (Wildman–Crippen MR) is 56.5 cm³/mol. The van der Waals surface area contributed by atoms with Gasteiger partial charge in [-0.2, -0.15) is 0 Å². The number of ether oxygens (including phenoxy) is 1. The van der Waals surface area contributed by atoms with Gasteiger partial charge >= 0.3 is 0 Å². The van der Waals surface area contributed by atoms with E-state index in [9.17, 15) is 0 Å². The maximum atomic E-state index is 5.66. The minimum Gasteiger partial charge on any atom is -0.496 e. The molecule has 13 heavy (non-hydrogen) atoms. The van der Waals surface area contributed by atoms with Crippen LogP contribution in [0.25, 0.3) is 0 Å². The van der Waals surface area contributed by atoms with Crippen LogP contribution in [0.5, 0.6) is 5.75 Å². The van der Waals surface area contributed by atoms with E-state index >= 15 is 0 Å². The Bertz CT molecular complexity index is 271. The van der Waals surface area contributed by atoms with Crippen LogP contribution >= 0.6 is 11.6 Å². The highest BCUT2D eigenvalue weighted by Crippen LogP contribution is 2.21. The first kappa shape index (κ1) is 10.4. The first-order chi connectivity index (χ1) is 6.31. The minimum atomic E-state index is 0.662. The molecule has 0 amide bonds. The molecule has 1 radical (unpaired) electrons. The second-order valence-corrected chi connectivity index (χ2v) is 3.18. The zero-order valence-corrected chi connectivity index (χ0v) is 8.77. The van der Waals surface area contributed by atoms with Crippen molar-refractivity contribution in [3.8, 4) is 5.75 Å². The Morgan fingerprint density at radius 2 is 2.23 bits per heavy atom. The first-order valence-electron chi connectivity index (χ1n) is 4.34. The molecule has 0 N–H and O–H groups in total. The van der Waals surface area contributed by atoms with Crippen LogP contribution in [-0.4, -0.2) is 13.0 Å². The van der Waals surface area contributed by atoms with Crippen LogP contribution in [-0.2, 0) is 6.42 Å². The lowest BCUT2D eigenvalue weighted by atomic mass is 10.1. The van der Waals surface area contributed by atoms with Gasteiger partial charge in [-0.05, 0) is 30.0 Å². The topological polar surface area (TPSA) is 9.23 Å². The van der Waals surface area contributed by atoms with Crippen molar-refractivity contribution >= 4 is 11.6 Å². The zero-order chi connectivity index (χ0) is 9.68. The van der Waals surface area contributed by atoms with Gasteiger partial charge in [-0.1, -0.05) is 19.1 Å². The Balaban J connectivity index is 2.91. The molecular weight excluding hydrogens is 184 g/mol. The average molecular weight is 198 g/mol. The van der Waals surface area contributed by atoms with Crippen LogP contribution in [0.2, 0.25) is 0 Å². The van der Waals surface area contributed by atoms with E-state index in [2.05, 4.69) is 6.07 Å². The van der Waals surface area contributed by atoms with Gasteiger partial charge in [-0.15, -0.1) is 11.6 Å². The normalized spacial score (nSPS) is 10.1. The van der Waals surface area contributed by atoms with E-state index in [1.807, 2.05) is 25.5 Å². The third-order valence-electron chi connectivity index (χ3n) is 1.99. The number of hydrogen-bond donors (Lipinski definition) is 0. The Hall–Kier alpha value is -0.690. The van der Waals surface area contributed by atoms with Crippen molar-refractivity contribution < 1.29 is 4.74 Å². The van der Waals surface area contributed by atoms with Crippen molar-refractivity contribution in [2.75, 3.05) is 13.0 Å². The largest absolute Gasteiger partial charge is 0.496 e. The smallest absolute Gasteiger partial charge is 0.122 e. The maximum absolute atomic E-state index is 5.66. The fourth-order valence-corrected chi connectivity index (χ4v) is 1.49. The second-order valence-electron chi connectivity index (χ2n) is 2.80. The second kappa shape index (κ2) is 5.13. The molecule has 71 valence electrons. The number of aryl methyl sites for hydroxylation is 1. The lowest BCUT2D eigenvalue weighted by Gasteiger charge is -2.07. The highest BCUT2D eigenvalue weighted by atomic mass is 35.5. The fourth-order valence-electron chi connectivity index (χ4n) is 1.27. The Morgan fingerprint density at radius 3 is 2.77 bits per heavy atom. The summed E-state index contributed by atoms with van der Waals surface area (Å²) in [4.78, 5) is 0. The van der Waals surface area contributed by atoms with Gasteiger partial charge in [0.25, 0.3) is 0 Å². The molecule has 0 bridgehead atoms. The van der Waals surface area contributed by atoms with E-state index in [-0.39, 0.29) is 0 Å². The molecule has 0 aliphatic rings. The molecule has 0 aliphatic carbocycles. The van der Waals surface area contributed by atoms with Gasteiger partial charge in [0.2, 0.25) is 0 Å². The van der Waals surface area contributed by atoms with Crippen LogP contribution in [0.4, 0.5) is 0 Å². The summed E-state index contributed by atoms with van der Waals surface area (Å²) in [5.74, 6) is 1.58. The molecule has 1 rings (SSSR count). The van der Waals surface area contributed by atoms with Crippen LogP contribution in [0.3, 0.4) is 0 Å². The van der Waals surface area contributed by atoms with E-state index in [0.717, 1.165) is 17.7 Å². The number of benzene rings is 1. The van der Waals surface area contributed by atoms with Gasteiger partial charge in [0.1, 0.15) is 5.75 Å². The van der Waals surface area contributed by atoms with E-state index < -0.39 is 0 Å². The molecule has 1 nitrogen and oxygen atoms in total. The molecule has 0 spiro atoms. The lowest BCUT2D eigenvalue weighted by molar-refractivity contribution is 0.412. The highest BCUT2D eigenvalue weighted by molar-refractivity contribution is 6.17. The van der Waals surface area contributed by atoms with Crippen LogP contribution in [0.15, 0.2) is 18.2 Å². The van der Waals surface area contributed by atoms with Gasteiger partial charge in [0, 0.05) is 5.88 Å². The summed E-state index contributed by atoms with van der Waals surface area (Å²) in [6.45, 7) is 2.00. The van der Waals surface area contributed by atoms with Crippen molar-refractivity contribution in [2.24, 2.45) is 0 Å². The quantitative estimate of drug-likeness (QED) is 0.675. The van der Waals surface area contributed by atoms with Gasteiger partial charge in [-0.25, -0.2) is 0 Å². The summed E-state index contributed by atoms with van der Waals surface area (Å²) in [6, 6.07) is 6.15. The van der Waals surface area contributed by atoms with Crippen molar-refractivity contribution in [1.29, 1.82) is 0 Å². The summed E-state index contributed by atoms with van der Waals surface area (Å²) in [6.07, 6.45) is 2.95. The minimum absolute atomic E-state index is 0.662. The SMILES string of the molecule is C[CH]c1cc(CCCl)ccc1OC. The average Bonchev–Trinajstić information content (AvgIpc) is 2.18. The van der Waals surface area contributed by atoms with Gasteiger partial charge in [0.05, 0.1) is 7.11 Å². The predicted octanol–water partition coefficient (Wildman–Crippen LogP) is 3.05. The molecule has 0 saturated carbocycles. The molecule has 0 saturated heterocycles. The number of methoxy groups -OCH3 is 1. The number of halogens is 1. The first-order valence-corrected chi connectivity index (χ1v) is 4.87. The third kappa shape index (κ3) is 2.63. The van der Waals surface area contributed by atoms with Gasteiger partial charge in [0.15, 0.2) is 0 Å². The summed E-state index contributed by atoms with van der Waals surface area (Å²) in [7, 11) is 1.68. The molecular formula is C11H14ClO. The van der Waals surface area contributed by atoms with Gasteiger partial charge < -0.3 is 4.74 Å². The molecule has 0 atom stereocenters. The van der Waals surface area contributed by atoms with Gasteiger partial charge in [-0.3, -0.25) is 0 Å². The molecule has 0 unspecified atom stereocenters. The third-order valence-corrected chi connectivity index (χ3v) is 2.18. The van der Waals surface area contributed by atoms with Crippen LogP contribution in [0, 0.1) is 6.42 Å². The number of alkyl halides is 1. The maximum Gasteiger partial charge on any atom is 0.122 e.